The third kappa shape index (κ3) is 7.14. The summed E-state index contributed by atoms with van der Waals surface area (Å²) in [5.41, 5.74) is 2.43. The van der Waals surface area contributed by atoms with Gasteiger partial charge in [0.1, 0.15) is 6.04 Å². The van der Waals surface area contributed by atoms with E-state index in [4.69, 9.17) is 4.74 Å². The minimum Gasteiger partial charge on any atom is -0.354 e. The number of carbonyl (C=O) groups excluding carboxylic acids is 4. The van der Waals surface area contributed by atoms with Crippen LogP contribution >= 0.6 is 0 Å². The zero-order valence-electron chi connectivity index (χ0n) is 21.1. The van der Waals surface area contributed by atoms with Gasteiger partial charge in [-0.2, -0.15) is 0 Å². The number of nitrogens with one attached hydrogen (secondary N) is 3. The Balaban J connectivity index is 1.52. The molecule has 9 nitrogen and oxygen atoms in total. The monoisotopic (exact) mass is 484 g/mol. The van der Waals surface area contributed by atoms with E-state index in [1.807, 2.05) is 50.1 Å². The lowest BCUT2D eigenvalue weighted by Crippen LogP contribution is -2.49. The van der Waals surface area contributed by atoms with Crippen molar-refractivity contribution in [1.29, 1.82) is 0 Å². The topological polar surface area (TPSA) is 120 Å². The van der Waals surface area contributed by atoms with Crippen molar-refractivity contribution in [2.45, 2.75) is 65.2 Å². The van der Waals surface area contributed by atoms with Gasteiger partial charge in [-0.1, -0.05) is 45.9 Å². The number of anilines is 1. The van der Waals surface area contributed by atoms with Crippen molar-refractivity contribution in [2.75, 3.05) is 18.5 Å². The normalized spacial score (nSPS) is 19.5. The van der Waals surface area contributed by atoms with Crippen LogP contribution in [0.4, 0.5) is 5.69 Å². The molecule has 1 aromatic rings. The lowest BCUT2D eigenvalue weighted by Gasteiger charge is -2.25. The molecule has 190 valence electrons. The standard InChI is InChI=1S/C26H36N4O5/c1-15(2)10-11-27-24(32)19(12-16(3)4)28-25(33)21-22(35-21)26(34)29-23(31)18-13-17-8-6-7-9-20(17)30(5)14-18/h6-9,14-16,19,21-22H,10-13H2,1-5H3,(H,27,32)(H,28,33)(H,29,31,34). The second-order valence-electron chi connectivity index (χ2n) is 10.0. The van der Waals surface area contributed by atoms with E-state index in [2.05, 4.69) is 29.8 Å². The fourth-order valence-corrected chi connectivity index (χ4v) is 4.04. The highest BCUT2D eigenvalue weighted by molar-refractivity contribution is 6.08. The number of hydrogen-bond acceptors (Lipinski definition) is 6. The molecule has 0 bridgehead atoms. The fraction of sp³-hybridized carbons (Fsp3) is 0.538. The third-order valence-electron chi connectivity index (χ3n) is 6.00. The molecule has 2 aliphatic rings. The van der Waals surface area contributed by atoms with Crippen molar-refractivity contribution in [1.82, 2.24) is 16.0 Å². The first-order chi connectivity index (χ1) is 16.6. The minimum atomic E-state index is -1.06. The van der Waals surface area contributed by atoms with Crippen LogP contribution in [-0.2, 0) is 30.3 Å². The van der Waals surface area contributed by atoms with Crippen LogP contribution in [0.1, 0.15) is 46.1 Å². The molecule has 2 heterocycles. The quantitative estimate of drug-likeness (QED) is 0.343. The van der Waals surface area contributed by atoms with Gasteiger partial charge in [-0.3, -0.25) is 24.5 Å². The van der Waals surface area contributed by atoms with Crippen molar-refractivity contribution < 1.29 is 23.9 Å². The van der Waals surface area contributed by atoms with Crippen LogP contribution < -0.4 is 20.9 Å². The molecule has 1 fully saturated rings. The molecular weight excluding hydrogens is 448 g/mol. The molecule has 0 saturated carbocycles. The van der Waals surface area contributed by atoms with Crippen LogP contribution in [0.5, 0.6) is 0 Å². The van der Waals surface area contributed by atoms with Gasteiger partial charge in [0, 0.05) is 37.5 Å². The van der Waals surface area contributed by atoms with Gasteiger partial charge in [-0.15, -0.1) is 0 Å². The summed E-state index contributed by atoms with van der Waals surface area (Å²) in [6.45, 7) is 8.60. The Morgan fingerprint density at radius 2 is 1.71 bits per heavy atom. The van der Waals surface area contributed by atoms with E-state index in [9.17, 15) is 19.2 Å². The molecule has 3 rings (SSSR count). The first-order valence-electron chi connectivity index (χ1n) is 12.2. The summed E-state index contributed by atoms with van der Waals surface area (Å²) in [5, 5.41) is 7.91. The van der Waals surface area contributed by atoms with E-state index in [1.165, 1.54) is 0 Å². The van der Waals surface area contributed by atoms with E-state index in [1.54, 1.807) is 6.20 Å². The van der Waals surface area contributed by atoms with E-state index in [0.717, 1.165) is 17.7 Å². The molecule has 1 saturated heterocycles. The average Bonchev–Trinajstić information content (AvgIpc) is 3.59. The third-order valence-corrected chi connectivity index (χ3v) is 6.00. The Labute approximate surface area is 206 Å². The second kappa shape index (κ2) is 11.5. The van der Waals surface area contributed by atoms with Gasteiger partial charge in [-0.25, -0.2) is 0 Å². The van der Waals surface area contributed by atoms with Crippen LogP contribution in [0, 0.1) is 11.8 Å². The second-order valence-corrected chi connectivity index (χ2v) is 10.0. The van der Waals surface area contributed by atoms with Crippen LogP contribution in [0.2, 0.25) is 0 Å². The zero-order chi connectivity index (χ0) is 25.7. The maximum atomic E-state index is 12.7. The Bertz CT molecular complexity index is 1000. The lowest BCUT2D eigenvalue weighted by atomic mass is 9.99. The smallest absolute Gasteiger partial charge is 0.259 e. The molecule has 3 unspecified atom stereocenters. The van der Waals surface area contributed by atoms with Gasteiger partial charge in [-0.05, 0) is 36.3 Å². The Hall–Kier alpha value is -3.20. The summed E-state index contributed by atoms with van der Waals surface area (Å²) in [4.78, 5) is 52.3. The molecule has 1 aromatic carbocycles. The number of epoxide rings is 1. The lowest BCUT2D eigenvalue weighted by molar-refractivity contribution is -0.130. The Morgan fingerprint density at radius 3 is 2.40 bits per heavy atom. The number of carbonyl (C=O) groups is 4. The number of imide groups is 1. The Kier molecular flexibility index (Phi) is 8.67. The van der Waals surface area contributed by atoms with Crippen molar-refractivity contribution >= 4 is 29.3 Å². The minimum absolute atomic E-state index is 0.181. The maximum Gasteiger partial charge on any atom is 0.259 e. The maximum absolute atomic E-state index is 12.7. The van der Waals surface area contributed by atoms with Crippen LogP contribution in [0.15, 0.2) is 36.0 Å². The molecule has 0 radical (unpaired) electrons. The summed E-state index contributed by atoms with van der Waals surface area (Å²) in [6, 6.07) is 7.01. The molecule has 4 amide bonds. The van der Waals surface area contributed by atoms with Crippen molar-refractivity contribution in [3.8, 4) is 0 Å². The number of para-hydroxylation sites is 1. The van der Waals surface area contributed by atoms with E-state index >= 15 is 0 Å². The first-order valence-corrected chi connectivity index (χ1v) is 12.2. The van der Waals surface area contributed by atoms with Gasteiger partial charge >= 0.3 is 0 Å². The first kappa shape index (κ1) is 26.4. The molecular formula is C26H36N4O5. The molecule has 0 spiro atoms. The number of hydrogen-bond donors (Lipinski definition) is 3. The predicted octanol–water partition coefficient (Wildman–Crippen LogP) is 1.67. The summed E-state index contributed by atoms with van der Waals surface area (Å²) in [7, 11) is 1.84. The predicted molar refractivity (Wildman–Crippen MR) is 132 cm³/mol. The molecule has 3 atom stereocenters. The summed E-state index contributed by atoms with van der Waals surface area (Å²) < 4.78 is 5.27. The van der Waals surface area contributed by atoms with Crippen molar-refractivity contribution in [3.63, 3.8) is 0 Å². The largest absolute Gasteiger partial charge is 0.354 e. The van der Waals surface area contributed by atoms with E-state index < -0.39 is 36.0 Å². The summed E-state index contributed by atoms with van der Waals surface area (Å²) >= 11 is 0. The number of benzene rings is 1. The molecule has 0 aromatic heterocycles. The molecule has 2 aliphatic heterocycles. The number of nitrogens with zero attached hydrogens (tertiary/aromatic N) is 1. The highest BCUT2D eigenvalue weighted by Gasteiger charge is 2.51. The van der Waals surface area contributed by atoms with Gasteiger partial charge in [0.15, 0.2) is 12.2 Å². The summed E-state index contributed by atoms with van der Waals surface area (Å²) in [5.74, 6) is -1.34. The molecule has 3 N–H and O–H groups in total. The molecule has 35 heavy (non-hydrogen) atoms. The van der Waals surface area contributed by atoms with E-state index in [0.29, 0.717) is 30.9 Å². The molecule has 0 aliphatic carbocycles. The zero-order valence-corrected chi connectivity index (χ0v) is 21.1. The fourth-order valence-electron chi connectivity index (χ4n) is 4.04. The number of fused-ring (bicyclic) bond motifs is 1. The van der Waals surface area contributed by atoms with Crippen LogP contribution in [0.25, 0.3) is 0 Å². The van der Waals surface area contributed by atoms with Crippen molar-refractivity contribution in [3.05, 3.63) is 41.6 Å². The van der Waals surface area contributed by atoms with Gasteiger partial charge in [0.25, 0.3) is 17.7 Å². The van der Waals surface area contributed by atoms with Gasteiger partial charge < -0.3 is 20.3 Å². The number of rotatable bonds is 10. The number of amides is 4. The SMILES string of the molecule is CC(C)CCNC(=O)C(CC(C)C)NC(=O)C1OC1C(=O)NC(=O)C1=CN(C)c2ccccc2C1. The van der Waals surface area contributed by atoms with E-state index in [-0.39, 0.29) is 11.8 Å². The van der Waals surface area contributed by atoms with Gasteiger partial charge in [0.05, 0.1) is 0 Å². The number of ether oxygens (including phenoxy) is 1. The highest BCUT2D eigenvalue weighted by Crippen LogP contribution is 2.28. The Morgan fingerprint density at radius 1 is 1.03 bits per heavy atom. The molecule has 9 heteroatoms. The van der Waals surface area contributed by atoms with Crippen molar-refractivity contribution in [2.24, 2.45) is 11.8 Å². The summed E-state index contributed by atoms with van der Waals surface area (Å²) in [6.07, 6.45) is 1.31. The van der Waals surface area contributed by atoms with Gasteiger partial charge in [0.2, 0.25) is 5.91 Å². The highest BCUT2D eigenvalue weighted by atomic mass is 16.6. The van der Waals surface area contributed by atoms with Crippen LogP contribution in [-0.4, -0.2) is 55.5 Å². The van der Waals surface area contributed by atoms with Crippen LogP contribution in [0.3, 0.4) is 0 Å². The average molecular weight is 485 g/mol.